The molecule has 0 spiro atoms. The number of piperidine rings is 1. The number of hydrogen-bond donors (Lipinski definition) is 0. The van der Waals surface area contributed by atoms with Gasteiger partial charge in [-0.25, -0.2) is 9.97 Å². The molecule has 0 amide bonds. The van der Waals surface area contributed by atoms with E-state index in [4.69, 9.17) is 19.8 Å². The Hall–Kier alpha value is -1.57. The summed E-state index contributed by atoms with van der Waals surface area (Å²) in [7, 11) is 0. The van der Waals surface area contributed by atoms with Crippen LogP contribution in [0.1, 0.15) is 68.5 Å². The van der Waals surface area contributed by atoms with Crippen molar-refractivity contribution in [3.8, 4) is 0 Å². The van der Waals surface area contributed by atoms with Crippen molar-refractivity contribution in [1.29, 1.82) is 0 Å². The zero-order valence-electron chi connectivity index (χ0n) is 17.3. The number of thiophene rings is 1. The minimum Gasteiger partial charge on any atom is -0.370 e. The molecule has 6 nitrogen and oxygen atoms in total. The summed E-state index contributed by atoms with van der Waals surface area (Å²) in [4.78, 5) is 14.8. The van der Waals surface area contributed by atoms with Crippen LogP contribution in [0.5, 0.6) is 0 Å². The van der Waals surface area contributed by atoms with Crippen LogP contribution >= 0.6 is 11.3 Å². The number of aromatic nitrogens is 4. The van der Waals surface area contributed by atoms with Crippen LogP contribution in [0.4, 0.5) is 0 Å². The fraction of sp³-hybridized carbons (Fsp3) is 0.667. The first-order valence-electron chi connectivity index (χ1n) is 10.5. The Balaban J connectivity index is 1.60. The lowest BCUT2D eigenvalue weighted by Crippen LogP contribution is -2.38. The smallest absolute Gasteiger partial charge is 0.168 e. The molecule has 2 aliphatic heterocycles. The second kappa shape index (κ2) is 6.75. The van der Waals surface area contributed by atoms with Gasteiger partial charge < -0.3 is 4.74 Å². The van der Waals surface area contributed by atoms with Crippen LogP contribution in [0, 0.1) is 6.92 Å². The van der Waals surface area contributed by atoms with Crippen molar-refractivity contribution in [2.24, 2.45) is 0 Å². The summed E-state index contributed by atoms with van der Waals surface area (Å²) >= 11 is 1.75. The Morgan fingerprint density at radius 1 is 1.25 bits per heavy atom. The molecule has 0 N–H and O–H groups in total. The van der Waals surface area contributed by atoms with Crippen LogP contribution in [-0.2, 0) is 24.3 Å². The second-order valence-electron chi connectivity index (χ2n) is 8.86. The van der Waals surface area contributed by atoms with E-state index in [0.717, 1.165) is 41.6 Å². The number of ether oxygens (including phenoxy) is 1. The van der Waals surface area contributed by atoms with E-state index in [-0.39, 0.29) is 5.60 Å². The Morgan fingerprint density at radius 3 is 2.93 bits per heavy atom. The Bertz CT molecular complexity index is 1040. The van der Waals surface area contributed by atoms with Gasteiger partial charge in [-0.3, -0.25) is 4.90 Å². The summed E-state index contributed by atoms with van der Waals surface area (Å²) in [6.07, 6.45) is 6.01. The number of likely N-dealkylation sites (tertiary alicyclic amines) is 1. The third-order valence-electron chi connectivity index (χ3n) is 6.28. The monoisotopic (exact) mass is 399 g/mol. The highest BCUT2D eigenvalue weighted by molar-refractivity contribution is 7.19. The van der Waals surface area contributed by atoms with Crippen molar-refractivity contribution in [3.63, 3.8) is 0 Å². The Labute approximate surface area is 169 Å². The van der Waals surface area contributed by atoms with Gasteiger partial charge in [0.1, 0.15) is 10.7 Å². The van der Waals surface area contributed by atoms with E-state index < -0.39 is 0 Å². The standard InChI is InChI=1S/C21H29N5OS/c1-5-14-8-6-7-9-25(14)11-17-23-19-18-15-10-21(3,4)27-12-16(15)28-20(18)22-13(2)26(19)24-17/h14H,5-12H2,1-4H3/t14-/m1/s1. The lowest BCUT2D eigenvalue weighted by molar-refractivity contribution is -0.0379. The average molecular weight is 400 g/mol. The first-order valence-corrected chi connectivity index (χ1v) is 11.3. The van der Waals surface area contributed by atoms with E-state index in [9.17, 15) is 0 Å². The number of fused-ring (bicyclic) bond motifs is 5. The van der Waals surface area contributed by atoms with Crippen LogP contribution in [0.3, 0.4) is 0 Å². The molecule has 2 aliphatic rings. The van der Waals surface area contributed by atoms with Gasteiger partial charge in [-0.15, -0.1) is 16.4 Å². The van der Waals surface area contributed by atoms with Crippen molar-refractivity contribution in [1.82, 2.24) is 24.5 Å². The van der Waals surface area contributed by atoms with E-state index in [0.29, 0.717) is 12.6 Å². The fourth-order valence-electron chi connectivity index (χ4n) is 4.76. The molecule has 28 heavy (non-hydrogen) atoms. The molecule has 0 saturated carbocycles. The minimum atomic E-state index is -0.145. The summed E-state index contributed by atoms with van der Waals surface area (Å²) in [5, 5.41) is 6.05. The molecule has 150 valence electrons. The molecule has 1 saturated heterocycles. The molecule has 3 aromatic heterocycles. The van der Waals surface area contributed by atoms with Crippen molar-refractivity contribution in [2.75, 3.05) is 6.54 Å². The van der Waals surface area contributed by atoms with Gasteiger partial charge in [-0.05, 0) is 52.1 Å². The van der Waals surface area contributed by atoms with Crippen LogP contribution in [0.15, 0.2) is 0 Å². The number of aryl methyl sites for hydroxylation is 1. The fourth-order valence-corrected chi connectivity index (χ4v) is 5.91. The maximum absolute atomic E-state index is 6.03. The first kappa shape index (κ1) is 18.5. The Kier molecular flexibility index (Phi) is 4.45. The zero-order chi connectivity index (χ0) is 19.5. The molecule has 0 radical (unpaired) electrons. The second-order valence-corrected chi connectivity index (χ2v) is 9.94. The van der Waals surface area contributed by atoms with Crippen molar-refractivity contribution < 1.29 is 4.74 Å². The highest BCUT2D eigenvalue weighted by Gasteiger charge is 2.31. The molecule has 0 unspecified atom stereocenters. The van der Waals surface area contributed by atoms with Gasteiger partial charge in [0.15, 0.2) is 11.5 Å². The molecule has 1 atom stereocenters. The predicted octanol–water partition coefficient (Wildman–Crippen LogP) is 4.26. The quantitative estimate of drug-likeness (QED) is 0.658. The number of rotatable bonds is 3. The molecule has 5 rings (SSSR count). The van der Waals surface area contributed by atoms with Crippen LogP contribution in [-0.4, -0.2) is 42.7 Å². The van der Waals surface area contributed by atoms with Crippen LogP contribution < -0.4 is 0 Å². The topological polar surface area (TPSA) is 55.6 Å². The molecule has 3 aromatic rings. The highest BCUT2D eigenvalue weighted by Crippen LogP contribution is 2.39. The van der Waals surface area contributed by atoms with Crippen molar-refractivity contribution in [2.45, 2.75) is 84.6 Å². The molecule has 1 fully saturated rings. The third kappa shape index (κ3) is 3.04. The molecular weight excluding hydrogens is 370 g/mol. The first-order chi connectivity index (χ1) is 13.4. The zero-order valence-corrected chi connectivity index (χ0v) is 18.1. The summed E-state index contributed by atoms with van der Waals surface area (Å²) in [6.45, 7) is 11.3. The third-order valence-corrected chi connectivity index (χ3v) is 7.38. The van der Waals surface area contributed by atoms with Gasteiger partial charge in [0.05, 0.1) is 24.1 Å². The molecule has 0 bridgehead atoms. The summed E-state index contributed by atoms with van der Waals surface area (Å²) in [5.41, 5.74) is 2.18. The normalized spacial score (nSPS) is 22.8. The molecule has 0 aliphatic carbocycles. The van der Waals surface area contributed by atoms with Crippen LogP contribution in [0.25, 0.3) is 15.9 Å². The van der Waals surface area contributed by atoms with E-state index in [1.807, 2.05) is 11.4 Å². The molecule has 0 aromatic carbocycles. The SMILES string of the molecule is CC[C@@H]1CCCCN1Cc1nc2c3c4c(sc3nc(C)n2n1)COC(C)(C)C4. The van der Waals surface area contributed by atoms with Crippen molar-refractivity contribution in [3.05, 3.63) is 22.1 Å². The van der Waals surface area contributed by atoms with Gasteiger partial charge in [0, 0.05) is 17.3 Å². The van der Waals surface area contributed by atoms with Gasteiger partial charge in [-0.2, -0.15) is 4.52 Å². The average Bonchev–Trinajstić information content (AvgIpc) is 3.22. The Morgan fingerprint density at radius 2 is 2.11 bits per heavy atom. The van der Waals surface area contributed by atoms with Gasteiger partial charge in [-0.1, -0.05) is 13.3 Å². The van der Waals surface area contributed by atoms with Crippen LogP contribution in [0.2, 0.25) is 0 Å². The summed E-state index contributed by atoms with van der Waals surface area (Å²) in [6, 6.07) is 0.659. The lowest BCUT2D eigenvalue weighted by Gasteiger charge is -2.34. The van der Waals surface area contributed by atoms with Gasteiger partial charge in [0.25, 0.3) is 0 Å². The van der Waals surface area contributed by atoms with Gasteiger partial charge in [0.2, 0.25) is 0 Å². The van der Waals surface area contributed by atoms with E-state index in [1.54, 1.807) is 11.3 Å². The maximum atomic E-state index is 6.03. The predicted molar refractivity (Wildman–Crippen MR) is 112 cm³/mol. The molecular formula is C21H29N5OS. The lowest BCUT2D eigenvalue weighted by atomic mass is 9.94. The molecule has 5 heterocycles. The van der Waals surface area contributed by atoms with E-state index in [1.165, 1.54) is 41.5 Å². The minimum absolute atomic E-state index is 0.145. The maximum Gasteiger partial charge on any atom is 0.168 e. The highest BCUT2D eigenvalue weighted by atomic mass is 32.1. The largest absolute Gasteiger partial charge is 0.370 e. The van der Waals surface area contributed by atoms with E-state index in [2.05, 4.69) is 25.7 Å². The molecule has 7 heteroatoms. The number of nitrogens with zero attached hydrogens (tertiary/aromatic N) is 5. The number of hydrogen-bond acceptors (Lipinski definition) is 6. The summed E-state index contributed by atoms with van der Waals surface area (Å²) in [5.74, 6) is 1.83. The van der Waals surface area contributed by atoms with Gasteiger partial charge >= 0.3 is 0 Å². The van der Waals surface area contributed by atoms with E-state index >= 15 is 0 Å². The van der Waals surface area contributed by atoms with Crippen molar-refractivity contribution >= 4 is 27.2 Å². The summed E-state index contributed by atoms with van der Waals surface area (Å²) < 4.78 is 7.98.